The Bertz CT molecular complexity index is 1230. The van der Waals surface area contributed by atoms with E-state index in [4.69, 9.17) is 21.0 Å². The molecule has 3 aromatic heterocycles. The summed E-state index contributed by atoms with van der Waals surface area (Å²) in [6.07, 6.45) is 2.13. The summed E-state index contributed by atoms with van der Waals surface area (Å²) in [4.78, 5) is 20.9. The summed E-state index contributed by atoms with van der Waals surface area (Å²) < 4.78 is 5.56. The van der Waals surface area contributed by atoms with Gasteiger partial charge in [0.1, 0.15) is 11.4 Å². The number of carboxylic acids is 1. The van der Waals surface area contributed by atoms with E-state index < -0.39 is 5.97 Å². The van der Waals surface area contributed by atoms with Gasteiger partial charge in [-0.1, -0.05) is 32.4 Å². The van der Waals surface area contributed by atoms with E-state index in [9.17, 15) is 9.90 Å². The third-order valence-corrected chi connectivity index (χ3v) is 5.63. The molecular weight excluding hydrogens is 416 g/mol. The van der Waals surface area contributed by atoms with Crippen LogP contribution in [-0.4, -0.2) is 31.2 Å². The lowest BCUT2D eigenvalue weighted by atomic mass is 9.76. The van der Waals surface area contributed by atoms with Crippen LogP contribution in [0.15, 0.2) is 47.1 Å². The van der Waals surface area contributed by atoms with E-state index in [2.05, 4.69) is 15.2 Å². The first-order valence-electron chi connectivity index (χ1n) is 9.98. The van der Waals surface area contributed by atoms with Gasteiger partial charge in [0, 0.05) is 22.5 Å². The van der Waals surface area contributed by atoms with Crippen LogP contribution >= 0.6 is 11.6 Å². The minimum absolute atomic E-state index is 0.0554. The summed E-state index contributed by atoms with van der Waals surface area (Å²) >= 11 is 6.19. The molecule has 0 aliphatic carbocycles. The second-order valence-electron chi connectivity index (χ2n) is 8.67. The van der Waals surface area contributed by atoms with Crippen molar-refractivity contribution in [2.75, 3.05) is 0 Å². The monoisotopic (exact) mass is 438 g/mol. The van der Waals surface area contributed by atoms with Crippen molar-refractivity contribution in [3.8, 4) is 23.0 Å². The van der Waals surface area contributed by atoms with E-state index in [0.29, 0.717) is 34.4 Å². The number of H-pyrrole nitrogens is 1. The van der Waals surface area contributed by atoms with Gasteiger partial charge in [-0.15, -0.1) is 0 Å². The normalized spacial score (nSPS) is 12.9. The Labute approximate surface area is 184 Å². The maximum absolute atomic E-state index is 11.5. The number of nitrogens with one attached hydrogen (secondary N) is 1. The lowest BCUT2D eigenvalue weighted by Crippen LogP contribution is -2.26. The molecule has 0 saturated heterocycles. The van der Waals surface area contributed by atoms with E-state index in [1.54, 1.807) is 18.4 Å². The van der Waals surface area contributed by atoms with Gasteiger partial charge in [0.05, 0.1) is 11.8 Å². The molecule has 2 N–H and O–H groups in total. The smallest absolute Gasteiger partial charge is 0.303 e. The number of hydrogen-bond acceptors (Lipinski definition) is 5. The summed E-state index contributed by atoms with van der Waals surface area (Å²) in [7, 11) is 0. The van der Waals surface area contributed by atoms with Crippen molar-refractivity contribution < 1.29 is 14.3 Å². The summed E-state index contributed by atoms with van der Waals surface area (Å²) in [5.41, 5.74) is 2.55. The van der Waals surface area contributed by atoms with Crippen LogP contribution in [-0.2, 0) is 11.2 Å². The molecule has 160 valence electrons. The van der Waals surface area contributed by atoms with Crippen LogP contribution in [0.4, 0.5) is 0 Å². The van der Waals surface area contributed by atoms with Crippen LogP contribution in [0.25, 0.3) is 33.9 Å². The lowest BCUT2D eigenvalue weighted by molar-refractivity contribution is -0.139. The number of carboxylic acid groups (broad SMARTS) is 1. The molecule has 0 spiro atoms. The minimum Gasteiger partial charge on any atom is -0.481 e. The van der Waals surface area contributed by atoms with E-state index in [-0.39, 0.29) is 17.8 Å². The number of aliphatic carboxylic acids is 1. The van der Waals surface area contributed by atoms with Gasteiger partial charge in [-0.05, 0) is 54.2 Å². The third kappa shape index (κ3) is 4.61. The standard InChI is InChI=1S/C23H23ClN4O3/c1-23(2,3)13(10-20(29)30)9-15-12-18(19-5-4-8-31-19)26-22(25-15)21-16-11-14(24)6-7-17(16)27-28-21/h4-8,11-13H,9-10H2,1-3H3,(H,27,28)(H,29,30)/t13-/m1/s1. The lowest BCUT2D eigenvalue weighted by Gasteiger charge is -2.29. The Morgan fingerprint density at radius 1 is 1.23 bits per heavy atom. The van der Waals surface area contributed by atoms with Crippen molar-refractivity contribution in [2.45, 2.75) is 33.6 Å². The van der Waals surface area contributed by atoms with E-state index in [0.717, 1.165) is 16.6 Å². The summed E-state index contributed by atoms with van der Waals surface area (Å²) in [5.74, 6) is 0.102. The Kier molecular flexibility index (Phi) is 5.54. The molecule has 0 bridgehead atoms. The molecule has 1 aromatic carbocycles. The number of carbonyl (C=O) groups is 1. The molecule has 0 saturated carbocycles. The van der Waals surface area contributed by atoms with Crippen LogP contribution in [0.1, 0.15) is 32.9 Å². The molecule has 0 unspecified atom stereocenters. The molecule has 0 amide bonds. The molecule has 7 nitrogen and oxygen atoms in total. The average Bonchev–Trinajstić information content (AvgIpc) is 3.36. The Balaban J connectivity index is 1.83. The van der Waals surface area contributed by atoms with Gasteiger partial charge in [0.2, 0.25) is 0 Å². The van der Waals surface area contributed by atoms with Crippen LogP contribution < -0.4 is 0 Å². The van der Waals surface area contributed by atoms with Gasteiger partial charge in [-0.25, -0.2) is 9.97 Å². The Hall–Kier alpha value is -3.19. The summed E-state index contributed by atoms with van der Waals surface area (Å²) in [6, 6.07) is 10.9. The molecule has 4 rings (SSSR count). The zero-order valence-corrected chi connectivity index (χ0v) is 18.3. The Morgan fingerprint density at radius 3 is 2.71 bits per heavy atom. The number of fused-ring (bicyclic) bond motifs is 1. The van der Waals surface area contributed by atoms with Crippen molar-refractivity contribution in [1.29, 1.82) is 0 Å². The average molecular weight is 439 g/mol. The number of aromatic nitrogens is 4. The molecule has 4 aromatic rings. The number of furan rings is 1. The van der Waals surface area contributed by atoms with E-state index in [1.165, 1.54) is 0 Å². The fourth-order valence-corrected chi connectivity index (χ4v) is 3.74. The van der Waals surface area contributed by atoms with Crippen molar-refractivity contribution in [3.63, 3.8) is 0 Å². The fourth-order valence-electron chi connectivity index (χ4n) is 3.56. The van der Waals surface area contributed by atoms with E-state index in [1.807, 2.05) is 45.0 Å². The molecule has 0 aliphatic rings. The molecular formula is C23H23ClN4O3. The van der Waals surface area contributed by atoms with Gasteiger partial charge in [-0.3, -0.25) is 9.89 Å². The van der Waals surface area contributed by atoms with Gasteiger partial charge < -0.3 is 9.52 Å². The largest absolute Gasteiger partial charge is 0.481 e. The number of nitrogens with zero attached hydrogens (tertiary/aromatic N) is 3. The predicted octanol–water partition coefficient (Wildman–Crippen LogP) is 5.61. The highest BCUT2D eigenvalue weighted by Gasteiger charge is 2.28. The van der Waals surface area contributed by atoms with Crippen molar-refractivity contribution in [2.24, 2.45) is 11.3 Å². The number of rotatable bonds is 6. The highest BCUT2D eigenvalue weighted by molar-refractivity contribution is 6.31. The predicted molar refractivity (Wildman–Crippen MR) is 119 cm³/mol. The van der Waals surface area contributed by atoms with Crippen molar-refractivity contribution in [1.82, 2.24) is 20.2 Å². The molecule has 31 heavy (non-hydrogen) atoms. The minimum atomic E-state index is -0.826. The topological polar surface area (TPSA) is 105 Å². The third-order valence-electron chi connectivity index (χ3n) is 5.39. The maximum Gasteiger partial charge on any atom is 0.303 e. The first-order chi connectivity index (χ1) is 14.7. The number of aromatic amines is 1. The van der Waals surface area contributed by atoms with Crippen LogP contribution in [0.3, 0.4) is 0 Å². The van der Waals surface area contributed by atoms with Crippen LogP contribution in [0, 0.1) is 11.3 Å². The molecule has 8 heteroatoms. The quantitative estimate of drug-likeness (QED) is 0.405. The molecule has 0 aliphatic heterocycles. The highest BCUT2D eigenvalue weighted by Crippen LogP contribution is 2.34. The van der Waals surface area contributed by atoms with Crippen molar-refractivity contribution in [3.05, 3.63) is 53.4 Å². The number of benzene rings is 1. The zero-order chi connectivity index (χ0) is 22.2. The second kappa shape index (κ2) is 8.15. The van der Waals surface area contributed by atoms with Gasteiger partial charge in [0.15, 0.2) is 11.6 Å². The van der Waals surface area contributed by atoms with Gasteiger partial charge >= 0.3 is 5.97 Å². The van der Waals surface area contributed by atoms with Crippen molar-refractivity contribution >= 4 is 28.5 Å². The highest BCUT2D eigenvalue weighted by atomic mass is 35.5. The fraction of sp³-hybridized carbons (Fsp3) is 0.304. The van der Waals surface area contributed by atoms with Crippen LogP contribution in [0.5, 0.6) is 0 Å². The van der Waals surface area contributed by atoms with Crippen LogP contribution in [0.2, 0.25) is 5.02 Å². The molecule has 1 atom stereocenters. The molecule has 0 radical (unpaired) electrons. The zero-order valence-electron chi connectivity index (χ0n) is 17.5. The number of halogens is 1. The summed E-state index contributed by atoms with van der Waals surface area (Å²) in [5, 5.41) is 18.2. The van der Waals surface area contributed by atoms with Gasteiger partial charge in [-0.2, -0.15) is 5.10 Å². The number of hydrogen-bond donors (Lipinski definition) is 2. The summed E-state index contributed by atoms with van der Waals surface area (Å²) in [6.45, 7) is 6.12. The van der Waals surface area contributed by atoms with Gasteiger partial charge in [0.25, 0.3) is 0 Å². The first kappa shape index (κ1) is 21.1. The first-order valence-corrected chi connectivity index (χ1v) is 10.4. The second-order valence-corrected chi connectivity index (χ2v) is 9.11. The molecule has 3 heterocycles. The van der Waals surface area contributed by atoms with E-state index >= 15 is 0 Å². The Morgan fingerprint density at radius 2 is 2.03 bits per heavy atom. The maximum atomic E-state index is 11.5. The molecule has 0 fully saturated rings. The SMILES string of the molecule is CC(C)(C)[C@@H](CC(=O)O)Cc1cc(-c2ccco2)nc(-c2n[nH]c3ccc(Cl)cc23)n1.